The first kappa shape index (κ1) is 16.1. The van der Waals surface area contributed by atoms with E-state index < -0.39 is 17.3 Å². The standard InChI is InChI=1S/C18H15ClFNO4/c1-2-24-18(23)12-5-9-8-25-15-7-14(20)13(19)6-11(15)16(9)21(17(12)22)10-3-4-10/h5-7,10H,2-4,8H2,1H3. The predicted octanol–water partition coefficient (Wildman–Crippen LogP) is 3.71. The van der Waals surface area contributed by atoms with Crippen LogP contribution in [0.25, 0.3) is 11.3 Å². The number of fused-ring (bicyclic) bond motifs is 3. The lowest BCUT2D eigenvalue weighted by Gasteiger charge is -2.25. The van der Waals surface area contributed by atoms with Gasteiger partial charge in [0.2, 0.25) is 0 Å². The Balaban J connectivity index is 1.98. The highest BCUT2D eigenvalue weighted by Crippen LogP contribution is 2.44. The van der Waals surface area contributed by atoms with E-state index in [1.54, 1.807) is 11.5 Å². The van der Waals surface area contributed by atoms with Crippen molar-refractivity contribution < 1.29 is 18.7 Å². The number of nitrogens with zero attached hydrogens (tertiary/aromatic N) is 1. The summed E-state index contributed by atoms with van der Waals surface area (Å²) in [6.45, 7) is 2.02. The van der Waals surface area contributed by atoms with Gasteiger partial charge < -0.3 is 14.0 Å². The molecule has 4 rings (SSSR count). The SMILES string of the molecule is CCOC(=O)c1cc2c(n(C3CC3)c1=O)-c1cc(Cl)c(F)cc1OC2. The zero-order chi connectivity index (χ0) is 17.7. The number of halogens is 2. The fourth-order valence-electron chi connectivity index (χ4n) is 3.13. The zero-order valence-electron chi connectivity index (χ0n) is 13.5. The Morgan fingerprint density at radius 1 is 1.40 bits per heavy atom. The number of aromatic nitrogens is 1. The van der Waals surface area contributed by atoms with Gasteiger partial charge in [-0.1, -0.05) is 11.6 Å². The molecule has 0 unspecified atom stereocenters. The molecular formula is C18H15ClFNO4. The quantitative estimate of drug-likeness (QED) is 0.780. The minimum Gasteiger partial charge on any atom is -0.488 e. The minimum absolute atomic E-state index is 0.00670. The number of esters is 1. The molecule has 2 aliphatic rings. The van der Waals surface area contributed by atoms with Gasteiger partial charge in [-0.2, -0.15) is 0 Å². The molecule has 1 aromatic heterocycles. The molecule has 1 aliphatic carbocycles. The van der Waals surface area contributed by atoms with Gasteiger partial charge in [-0.05, 0) is 31.9 Å². The van der Waals surface area contributed by atoms with Gasteiger partial charge in [0.1, 0.15) is 23.7 Å². The number of ether oxygens (including phenoxy) is 2. The largest absolute Gasteiger partial charge is 0.488 e. The lowest BCUT2D eigenvalue weighted by molar-refractivity contribution is 0.0523. The molecule has 1 fully saturated rings. The Hall–Kier alpha value is -2.34. The Bertz CT molecular complexity index is 949. The molecule has 0 amide bonds. The van der Waals surface area contributed by atoms with Crippen LogP contribution < -0.4 is 10.3 Å². The second kappa shape index (κ2) is 5.88. The number of carbonyl (C=O) groups is 1. The van der Waals surface area contributed by atoms with Crippen molar-refractivity contribution in [3.63, 3.8) is 0 Å². The molecule has 0 spiro atoms. The molecule has 0 radical (unpaired) electrons. The third-order valence-corrected chi connectivity index (χ3v) is 4.67. The van der Waals surface area contributed by atoms with E-state index in [4.69, 9.17) is 21.1 Å². The average Bonchev–Trinajstić information content (AvgIpc) is 3.40. The van der Waals surface area contributed by atoms with Gasteiger partial charge in [0.05, 0.1) is 17.3 Å². The van der Waals surface area contributed by atoms with Gasteiger partial charge in [-0.25, -0.2) is 9.18 Å². The fourth-order valence-corrected chi connectivity index (χ4v) is 3.29. The molecule has 2 heterocycles. The third-order valence-electron chi connectivity index (χ3n) is 4.38. The molecule has 1 aromatic carbocycles. The Morgan fingerprint density at radius 3 is 2.84 bits per heavy atom. The van der Waals surface area contributed by atoms with Crippen molar-refractivity contribution in [2.24, 2.45) is 0 Å². The molecule has 0 N–H and O–H groups in total. The van der Waals surface area contributed by atoms with Gasteiger partial charge in [0.25, 0.3) is 5.56 Å². The van der Waals surface area contributed by atoms with Crippen molar-refractivity contribution in [3.05, 3.63) is 50.5 Å². The number of pyridine rings is 1. The van der Waals surface area contributed by atoms with Crippen LogP contribution in [0.5, 0.6) is 5.75 Å². The molecule has 0 saturated heterocycles. The summed E-state index contributed by atoms with van der Waals surface area (Å²) in [6.07, 6.45) is 1.70. The van der Waals surface area contributed by atoms with Crippen LogP contribution in [0.2, 0.25) is 5.02 Å². The van der Waals surface area contributed by atoms with Crippen molar-refractivity contribution >= 4 is 17.6 Å². The maximum Gasteiger partial charge on any atom is 0.343 e. The van der Waals surface area contributed by atoms with E-state index in [-0.39, 0.29) is 29.8 Å². The van der Waals surface area contributed by atoms with Crippen molar-refractivity contribution in [1.29, 1.82) is 0 Å². The van der Waals surface area contributed by atoms with Crippen molar-refractivity contribution in [2.75, 3.05) is 6.61 Å². The molecule has 1 saturated carbocycles. The molecule has 5 nitrogen and oxygen atoms in total. The van der Waals surface area contributed by atoms with Gasteiger partial charge in [0.15, 0.2) is 0 Å². The molecular weight excluding hydrogens is 349 g/mol. The summed E-state index contributed by atoms with van der Waals surface area (Å²) < 4.78 is 26.0. The lowest BCUT2D eigenvalue weighted by Crippen LogP contribution is -2.30. The van der Waals surface area contributed by atoms with Crippen molar-refractivity contribution in [2.45, 2.75) is 32.4 Å². The van der Waals surface area contributed by atoms with E-state index in [9.17, 15) is 14.0 Å². The van der Waals surface area contributed by atoms with Crippen LogP contribution in [0, 0.1) is 5.82 Å². The highest BCUT2D eigenvalue weighted by atomic mass is 35.5. The summed E-state index contributed by atoms with van der Waals surface area (Å²) >= 11 is 5.93. The van der Waals surface area contributed by atoms with E-state index in [0.717, 1.165) is 12.8 Å². The van der Waals surface area contributed by atoms with Crippen molar-refractivity contribution in [3.8, 4) is 17.0 Å². The molecule has 25 heavy (non-hydrogen) atoms. The van der Waals surface area contributed by atoms with Crippen LogP contribution in [-0.4, -0.2) is 17.1 Å². The summed E-state index contributed by atoms with van der Waals surface area (Å²) in [7, 11) is 0. The lowest BCUT2D eigenvalue weighted by atomic mass is 10.00. The number of benzene rings is 1. The van der Waals surface area contributed by atoms with Gasteiger partial charge in [-0.3, -0.25) is 4.79 Å². The van der Waals surface area contributed by atoms with E-state index >= 15 is 0 Å². The summed E-state index contributed by atoms with van der Waals surface area (Å²) in [4.78, 5) is 25.1. The number of rotatable bonds is 3. The third kappa shape index (κ3) is 2.61. The van der Waals surface area contributed by atoms with Gasteiger partial charge in [-0.15, -0.1) is 0 Å². The smallest absolute Gasteiger partial charge is 0.343 e. The number of hydrogen-bond acceptors (Lipinski definition) is 4. The molecule has 1 aliphatic heterocycles. The zero-order valence-corrected chi connectivity index (χ0v) is 14.2. The van der Waals surface area contributed by atoms with E-state index in [0.29, 0.717) is 22.6 Å². The first-order valence-corrected chi connectivity index (χ1v) is 8.46. The molecule has 130 valence electrons. The Labute approximate surface area is 147 Å². The Kier molecular flexibility index (Phi) is 3.80. The van der Waals surface area contributed by atoms with Crippen LogP contribution in [0.1, 0.15) is 41.7 Å². The number of carbonyl (C=O) groups excluding carboxylic acids is 1. The second-order valence-corrected chi connectivity index (χ2v) is 6.52. The second-order valence-electron chi connectivity index (χ2n) is 6.11. The van der Waals surface area contributed by atoms with E-state index in [2.05, 4.69) is 0 Å². The molecule has 0 bridgehead atoms. The van der Waals surface area contributed by atoms with Crippen LogP contribution in [0.4, 0.5) is 4.39 Å². The van der Waals surface area contributed by atoms with Crippen LogP contribution in [0.3, 0.4) is 0 Å². The monoisotopic (exact) mass is 363 g/mol. The van der Waals surface area contributed by atoms with Crippen molar-refractivity contribution in [1.82, 2.24) is 4.57 Å². The van der Waals surface area contributed by atoms with Gasteiger partial charge >= 0.3 is 5.97 Å². The summed E-state index contributed by atoms with van der Waals surface area (Å²) in [5.74, 6) is -0.882. The summed E-state index contributed by atoms with van der Waals surface area (Å²) in [5.41, 5.74) is 1.49. The van der Waals surface area contributed by atoms with Gasteiger partial charge in [0, 0.05) is 23.2 Å². The van der Waals surface area contributed by atoms with Crippen LogP contribution in [-0.2, 0) is 11.3 Å². The maximum absolute atomic E-state index is 13.7. The first-order valence-electron chi connectivity index (χ1n) is 8.09. The highest BCUT2D eigenvalue weighted by Gasteiger charge is 2.34. The molecule has 2 aromatic rings. The van der Waals surface area contributed by atoms with Crippen LogP contribution >= 0.6 is 11.6 Å². The number of hydrogen-bond donors (Lipinski definition) is 0. The predicted molar refractivity (Wildman–Crippen MR) is 89.7 cm³/mol. The topological polar surface area (TPSA) is 57.5 Å². The average molecular weight is 364 g/mol. The summed E-state index contributed by atoms with van der Waals surface area (Å²) in [6, 6.07) is 4.22. The molecule has 0 atom stereocenters. The first-order chi connectivity index (χ1) is 12.0. The molecule has 7 heteroatoms. The normalized spacial score (nSPS) is 15.2. The Morgan fingerprint density at radius 2 is 2.16 bits per heavy atom. The fraction of sp³-hybridized carbons (Fsp3) is 0.333. The highest BCUT2D eigenvalue weighted by molar-refractivity contribution is 6.31. The van der Waals surface area contributed by atoms with E-state index in [1.165, 1.54) is 18.2 Å². The van der Waals surface area contributed by atoms with Crippen LogP contribution in [0.15, 0.2) is 23.0 Å². The summed E-state index contributed by atoms with van der Waals surface area (Å²) in [5, 5.41) is -0.0422. The minimum atomic E-state index is -0.646. The maximum atomic E-state index is 13.7. The van der Waals surface area contributed by atoms with E-state index in [1.807, 2.05) is 0 Å².